The van der Waals surface area contributed by atoms with E-state index in [1.165, 1.54) is 0 Å². The molecule has 0 spiro atoms. The second-order valence-electron chi connectivity index (χ2n) is 5.74. The van der Waals surface area contributed by atoms with Crippen molar-refractivity contribution in [1.82, 2.24) is 0 Å². The third-order valence-corrected chi connectivity index (χ3v) is 4.92. The second kappa shape index (κ2) is 7.46. The molecule has 18 heteroatoms. The van der Waals surface area contributed by atoms with Crippen LogP contribution in [0.4, 0.5) is 35.1 Å². The third-order valence-electron chi connectivity index (χ3n) is 3.15. The van der Waals surface area contributed by atoms with E-state index in [1.54, 1.807) is 0 Å². The van der Waals surface area contributed by atoms with Crippen molar-refractivity contribution in [3.05, 3.63) is 0 Å². The van der Waals surface area contributed by atoms with Gasteiger partial charge in [-0.3, -0.25) is 9.11 Å². The van der Waals surface area contributed by atoms with Crippen LogP contribution in [-0.4, -0.2) is 60.4 Å². The zero-order chi connectivity index (χ0) is 23.2. The minimum atomic E-state index is -6.77. The Morgan fingerprint density at radius 2 is 1.11 bits per heavy atom. The largest absolute Gasteiger partial charge is 0.459 e. The van der Waals surface area contributed by atoms with Crippen LogP contribution in [0.2, 0.25) is 0 Å². The fourth-order valence-electron chi connectivity index (χ4n) is 1.72. The van der Waals surface area contributed by atoms with Crippen molar-refractivity contribution >= 4 is 20.2 Å². The van der Waals surface area contributed by atoms with Gasteiger partial charge in [0.15, 0.2) is 0 Å². The van der Waals surface area contributed by atoms with E-state index in [0.29, 0.717) is 13.8 Å². The second-order valence-corrected chi connectivity index (χ2v) is 8.66. The van der Waals surface area contributed by atoms with Crippen LogP contribution in [0, 0.1) is 0 Å². The zero-order valence-corrected chi connectivity index (χ0v) is 15.6. The first-order chi connectivity index (χ1) is 11.9. The lowest BCUT2D eigenvalue weighted by molar-refractivity contribution is -0.394. The van der Waals surface area contributed by atoms with Gasteiger partial charge in [-0.1, -0.05) is 6.92 Å². The normalized spacial score (nSPS) is 16.9. The summed E-state index contributed by atoms with van der Waals surface area (Å²) in [7, 11) is -13.5. The van der Waals surface area contributed by atoms with E-state index in [4.69, 9.17) is 9.11 Å². The van der Waals surface area contributed by atoms with Gasteiger partial charge in [0.25, 0.3) is 0 Å². The van der Waals surface area contributed by atoms with E-state index >= 15 is 0 Å². The van der Waals surface area contributed by atoms with Gasteiger partial charge in [-0.25, -0.2) is 0 Å². The molecule has 0 aromatic rings. The van der Waals surface area contributed by atoms with Gasteiger partial charge in [-0.15, -0.1) is 0 Å². The first-order valence-corrected chi connectivity index (χ1v) is 9.58. The van der Waals surface area contributed by atoms with Crippen LogP contribution in [0.5, 0.6) is 0 Å². The predicted molar refractivity (Wildman–Crippen MR) is 73.2 cm³/mol. The molecule has 170 valence electrons. The Labute approximate surface area is 153 Å². The number of hydrogen-bond donors (Lipinski definition) is 2. The molecule has 1 atom stereocenters. The molecule has 0 heterocycles. The van der Waals surface area contributed by atoms with E-state index in [9.17, 15) is 52.0 Å². The average Bonchev–Trinajstić information content (AvgIpc) is 2.40. The summed E-state index contributed by atoms with van der Waals surface area (Å²) >= 11 is 0. The van der Waals surface area contributed by atoms with Crippen molar-refractivity contribution in [3.63, 3.8) is 0 Å². The molecule has 8 nitrogen and oxygen atoms in total. The molecule has 0 amide bonds. The molecule has 0 radical (unpaired) electrons. The van der Waals surface area contributed by atoms with Crippen molar-refractivity contribution in [3.8, 4) is 0 Å². The summed E-state index contributed by atoms with van der Waals surface area (Å²) in [6, 6.07) is 0. The lowest BCUT2D eigenvalue weighted by Gasteiger charge is -2.39. The highest BCUT2D eigenvalue weighted by Crippen LogP contribution is 2.45. The SMILES string of the molecule is CCC(OC(F)(F)C(F)(F)S(=O)(=O)O)C(C)(C)OC(F)(F)C(F)(F)S(=O)(=O)O. The molecular weight excluding hydrogens is 464 g/mol. The quantitative estimate of drug-likeness (QED) is 0.363. The number of halogens is 8. The molecule has 0 aliphatic carbocycles. The van der Waals surface area contributed by atoms with Crippen LogP contribution in [0.25, 0.3) is 0 Å². The van der Waals surface area contributed by atoms with Crippen molar-refractivity contribution in [1.29, 1.82) is 0 Å². The molecule has 1 unspecified atom stereocenters. The van der Waals surface area contributed by atoms with Crippen LogP contribution < -0.4 is 0 Å². The highest BCUT2D eigenvalue weighted by Gasteiger charge is 2.71. The number of rotatable bonds is 10. The van der Waals surface area contributed by atoms with E-state index in [-0.39, 0.29) is 0 Å². The van der Waals surface area contributed by atoms with E-state index in [1.807, 2.05) is 0 Å². The van der Waals surface area contributed by atoms with Crippen LogP contribution in [0.15, 0.2) is 0 Å². The lowest BCUT2D eigenvalue weighted by Crippen LogP contribution is -2.58. The first-order valence-electron chi connectivity index (χ1n) is 6.70. The summed E-state index contributed by atoms with van der Waals surface area (Å²) in [4.78, 5) is 0. The molecule has 0 aromatic carbocycles. The maximum absolute atomic E-state index is 13.5. The van der Waals surface area contributed by atoms with Crippen LogP contribution in [0.1, 0.15) is 27.2 Å². The van der Waals surface area contributed by atoms with Gasteiger partial charge in [-0.05, 0) is 20.3 Å². The smallest absolute Gasteiger partial charge is 0.308 e. The maximum Gasteiger partial charge on any atom is 0.459 e. The fourth-order valence-corrected chi connectivity index (χ4v) is 2.41. The Kier molecular flexibility index (Phi) is 7.24. The van der Waals surface area contributed by atoms with Gasteiger partial charge in [0, 0.05) is 0 Å². The Morgan fingerprint density at radius 1 is 0.786 bits per heavy atom. The average molecular weight is 478 g/mol. The number of hydrogen-bond acceptors (Lipinski definition) is 6. The molecule has 0 aliphatic rings. The van der Waals surface area contributed by atoms with Gasteiger partial charge >= 0.3 is 43.0 Å². The summed E-state index contributed by atoms with van der Waals surface area (Å²) in [5, 5.41) is -12.6. The first kappa shape index (κ1) is 27.2. The Bertz CT molecular complexity index is 777. The number of alkyl halides is 8. The molecule has 0 rings (SSSR count). The van der Waals surface area contributed by atoms with E-state index in [2.05, 4.69) is 9.47 Å². The molecule has 28 heavy (non-hydrogen) atoms. The highest BCUT2D eigenvalue weighted by atomic mass is 32.2. The van der Waals surface area contributed by atoms with E-state index < -0.39 is 61.1 Å². The predicted octanol–water partition coefficient (Wildman–Crippen LogP) is 2.72. The van der Waals surface area contributed by atoms with Gasteiger partial charge in [0.05, 0.1) is 11.7 Å². The lowest BCUT2D eigenvalue weighted by atomic mass is 9.99. The van der Waals surface area contributed by atoms with Crippen molar-refractivity contribution < 1.29 is 70.5 Å². The molecule has 0 aromatic heterocycles. The Morgan fingerprint density at radius 3 is 1.39 bits per heavy atom. The summed E-state index contributed by atoms with van der Waals surface area (Å²) < 4.78 is 171. The third kappa shape index (κ3) is 5.02. The van der Waals surface area contributed by atoms with Gasteiger partial charge in [0.1, 0.15) is 0 Å². The summed E-state index contributed by atoms with van der Waals surface area (Å²) in [6.07, 6.45) is -15.8. The van der Waals surface area contributed by atoms with Crippen molar-refractivity contribution in [2.75, 3.05) is 0 Å². The highest BCUT2D eigenvalue weighted by molar-refractivity contribution is 7.87. The summed E-state index contributed by atoms with van der Waals surface area (Å²) in [5.41, 5.74) is -3.09. The standard InChI is InChI=1S/C10H14F8O8S2/c1-4-5(25-7(11,12)9(15,16)27(19,20)21)6(2,3)26-8(13,14)10(17,18)28(22,23)24/h5H,4H2,1-3H3,(H,19,20,21)(H,22,23,24). The van der Waals surface area contributed by atoms with Crippen LogP contribution in [-0.2, 0) is 29.7 Å². The number of ether oxygens (including phenoxy) is 2. The summed E-state index contributed by atoms with van der Waals surface area (Å²) in [5.74, 6) is 0. The van der Waals surface area contributed by atoms with Gasteiger partial charge < -0.3 is 9.47 Å². The molecule has 0 aliphatic heterocycles. The van der Waals surface area contributed by atoms with E-state index in [0.717, 1.165) is 6.92 Å². The molecule has 0 saturated heterocycles. The van der Waals surface area contributed by atoms with Crippen LogP contribution in [0.3, 0.4) is 0 Å². The molecule has 0 bridgehead atoms. The monoisotopic (exact) mass is 478 g/mol. The topological polar surface area (TPSA) is 127 Å². The minimum absolute atomic E-state index is 0.316. The minimum Gasteiger partial charge on any atom is -0.308 e. The zero-order valence-electron chi connectivity index (χ0n) is 14.0. The molecule has 2 N–H and O–H groups in total. The molecular formula is C10H14F8O8S2. The van der Waals surface area contributed by atoms with Crippen LogP contribution >= 0.6 is 0 Å². The fraction of sp³-hybridized carbons (Fsp3) is 1.00. The van der Waals surface area contributed by atoms with Gasteiger partial charge in [0.2, 0.25) is 0 Å². The van der Waals surface area contributed by atoms with Crippen molar-refractivity contribution in [2.45, 2.75) is 61.6 Å². The Hall–Kier alpha value is -0.820. The summed E-state index contributed by atoms with van der Waals surface area (Å²) in [6.45, 7) is 1.45. The van der Waals surface area contributed by atoms with Crippen molar-refractivity contribution in [2.24, 2.45) is 0 Å². The van der Waals surface area contributed by atoms with Gasteiger partial charge in [-0.2, -0.15) is 52.0 Å². The molecule has 0 saturated carbocycles. The Balaban J connectivity index is 5.95. The molecule has 0 fully saturated rings. The maximum atomic E-state index is 13.5.